The number of rotatable bonds is 7. The van der Waals surface area contributed by atoms with Gasteiger partial charge in [0.2, 0.25) is 5.91 Å². The summed E-state index contributed by atoms with van der Waals surface area (Å²) in [5.41, 5.74) is 0. The normalized spacial score (nSPS) is 25.1. The van der Waals surface area contributed by atoms with Gasteiger partial charge in [0, 0.05) is 32.7 Å². The maximum atomic E-state index is 12.8. The molecule has 0 aliphatic carbocycles. The van der Waals surface area contributed by atoms with Crippen LogP contribution in [0, 0.1) is 5.92 Å². The van der Waals surface area contributed by atoms with Crippen molar-refractivity contribution in [3.8, 4) is 0 Å². The Bertz CT molecular complexity index is 721. The minimum absolute atomic E-state index is 0.0507. The Morgan fingerprint density at radius 3 is 2.93 bits per heavy atom. The van der Waals surface area contributed by atoms with Crippen LogP contribution in [-0.2, 0) is 19.6 Å². The van der Waals surface area contributed by atoms with Crippen LogP contribution in [0.25, 0.3) is 0 Å². The van der Waals surface area contributed by atoms with Crippen molar-refractivity contribution in [1.29, 1.82) is 0 Å². The summed E-state index contributed by atoms with van der Waals surface area (Å²) in [5, 5.41) is 4.66. The summed E-state index contributed by atoms with van der Waals surface area (Å²) in [5.74, 6) is 0.366. The second-order valence-electron chi connectivity index (χ2n) is 7.60. The van der Waals surface area contributed by atoms with E-state index in [0.29, 0.717) is 42.7 Å². The first kappa shape index (κ1) is 20.7. The molecule has 2 saturated heterocycles. The zero-order valence-corrected chi connectivity index (χ0v) is 17.6. The molecule has 0 bridgehead atoms. The molecule has 2 atom stereocenters. The number of amides is 1. The number of nitrogens with one attached hydrogen (secondary N) is 1. The van der Waals surface area contributed by atoms with Crippen molar-refractivity contribution >= 4 is 27.3 Å². The first-order chi connectivity index (χ1) is 12.9. The molecule has 1 aromatic heterocycles. The van der Waals surface area contributed by atoms with Gasteiger partial charge in [-0.2, -0.15) is 4.31 Å². The van der Waals surface area contributed by atoms with Gasteiger partial charge in [0.15, 0.2) is 0 Å². The van der Waals surface area contributed by atoms with E-state index in [4.69, 9.17) is 4.74 Å². The fraction of sp³-hybridized carbons (Fsp3) is 0.722. The molecule has 1 amide bonds. The molecule has 2 fully saturated rings. The Morgan fingerprint density at radius 2 is 2.22 bits per heavy atom. The largest absolute Gasteiger partial charge is 0.374 e. The highest BCUT2D eigenvalue weighted by atomic mass is 32.2. The molecule has 2 aliphatic rings. The lowest BCUT2D eigenvalue weighted by atomic mass is 10.1. The van der Waals surface area contributed by atoms with Crippen LogP contribution in [0.2, 0.25) is 0 Å². The predicted molar refractivity (Wildman–Crippen MR) is 105 cm³/mol. The Morgan fingerprint density at radius 1 is 1.41 bits per heavy atom. The SMILES string of the molecule is CC(C)CN1CCOC(CNC(=O)C2CCCN2S(=O)(=O)c2cccs2)C1. The van der Waals surface area contributed by atoms with E-state index in [9.17, 15) is 13.2 Å². The van der Waals surface area contributed by atoms with E-state index < -0.39 is 16.1 Å². The van der Waals surface area contributed by atoms with Gasteiger partial charge in [-0.25, -0.2) is 8.42 Å². The van der Waals surface area contributed by atoms with Crippen LogP contribution in [0.5, 0.6) is 0 Å². The lowest BCUT2D eigenvalue weighted by molar-refractivity contribution is -0.125. The van der Waals surface area contributed by atoms with Crippen LogP contribution in [-0.4, -0.2) is 75.0 Å². The van der Waals surface area contributed by atoms with Gasteiger partial charge < -0.3 is 10.1 Å². The summed E-state index contributed by atoms with van der Waals surface area (Å²) < 4.78 is 33.0. The lowest BCUT2D eigenvalue weighted by Crippen LogP contribution is -2.51. The van der Waals surface area contributed by atoms with Gasteiger partial charge in [-0.1, -0.05) is 19.9 Å². The molecule has 7 nitrogen and oxygen atoms in total. The number of carbonyl (C=O) groups is 1. The van der Waals surface area contributed by atoms with Gasteiger partial charge in [0.1, 0.15) is 10.3 Å². The van der Waals surface area contributed by atoms with E-state index in [1.54, 1.807) is 17.5 Å². The number of nitrogens with zero attached hydrogens (tertiary/aromatic N) is 2. The quantitative estimate of drug-likeness (QED) is 0.728. The molecule has 2 unspecified atom stereocenters. The molecule has 152 valence electrons. The first-order valence-corrected chi connectivity index (χ1v) is 11.9. The third kappa shape index (κ3) is 5.08. The van der Waals surface area contributed by atoms with Crippen molar-refractivity contribution in [2.45, 2.75) is 43.0 Å². The van der Waals surface area contributed by atoms with Crippen molar-refractivity contribution in [1.82, 2.24) is 14.5 Å². The van der Waals surface area contributed by atoms with E-state index in [2.05, 4.69) is 24.1 Å². The van der Waals surface area contributed by atoms with E-state index in [-0.39, 0.29) is 12.0 Å². The summed E-state index contributed by atoms with van der Waals surface area (Å²) in [6.45, 7) is 8.57. The number of morpholine rings is 1. The average Bonchev–Trinajstić information content (AvgIpc) is 3.31. The summed E-state index contributed by atoms with van der Waals surface area (Å²) in [6.07, 6.45) is 1.21. The van der Waals surface area contributed by atoms with Crippen LogP contribution in [0.4, 0.5) is 0 Å². The topological polar surface area (TPSA) is 79.0 Å². The number of hydrogen-bond donors (Lipinski definition) is 1. The molecule has 0 spiro atoms. The average molecular weight is 416 g/mol. The van der Waals surface area contributed by atoms with Crippen LogP contribution in [0.3, 0.4) is 0 Å². The molecule has 3 heterocycles. The Labute approximate surface area is 165 Å². The molecular formula is C18H29N3O4S2. The van der Waals surface area contributed by atoms with Crippen molar-refractivity contribution in [3.05, 3.63) is 17.5 Å². The van der Waals surface area contributed by atoms with E-state index in [0.717, 1.165) is 19.6 Å². The highest BCUT2D eigenvalue weighted by Gasteiger charge is 2.40. The van der Waals surface area contributed by atoms with Gasteiger partial charge in [-0.15, -0.1) is 11.3 Å². The van der Waals surface area contributed by atoms with Crippen LogP contribution in [0.1, 0.15) is 26.7 Å². The minimum atomic E-state index is -3.60. The first-order valence-electron chi connectivity index (χ1n) is 9.55. The van der Waals surface area contributed by atoms with Gasteiger partial charge >= 0.3 is 0 Å². The molecule has 0 saturated carbocycles. The Balaban J connectivity index is 1.56. The molecule has 0 aromatic carbocycles. The van der Waals surface area contributed by atoms with Gasteiger partial charge in [0.05, 0.1) is 12.7 Å². The van der Waals surface area contributed by atoms with E-state index in [1.807, 2.05) is 0 Å². The molecule has 0 radical (unpaired) electrons. The standard InChI is InChI=1S/C18H29N3O4S2/c1-14(2)12-20-8-9-25-15(13-20)11-19-18(22)16-5-3-7-21(16)27(23,24)17-6-4-10-26-17/h4,6,10,14-16H,3,5,7-9,11-13H2,1-2H3,(H,19,22). The van der Waals surface area contributed by atoms with Crippen molar-refractivity contribution < 1.29 is 17.9 Å². The summed E-state index contributed by atoms with van der Waals surface area (Å²) in [6, 6.07) is 2.67. The third-order valence-corrected chi connectivity index (χ3v) is 8.20. The fourth-order valence-corrected chi connectivity index (χ4v) is 6.51. The fourth-order valence-electron chi connectivity index (χ4n) is 3.73. The zero-order valence-electron chi connectivity index (χ0n) is 16.0. The molecule has 2 aliphatic heterocycles. The van der Waals surface area contributed by atoms with Gasteiger partial charge in [-0.3, -0.25) is 9.69 Å². The predicted octanol–water partition coefficient (Wildman–Crippen LogP) is 1.37. The van der Waals surface area contributed by atoms with Gasteiger partial charge in [-0.05, 0) is 30.2 Å². The Hall–Kier alpha value is -1.00. The van der Waals surface area contributed by atoms with Crippen LogP contribution in [0.15, 0.2) is 21.7 Å². The highest BCUT2D eigenvalue weighted by Crippen LogP contribution is 2.28. The van der Waals surface area contributed by atoms with Crippen molar-refractivity contribution in [2.75, 3.05) is 39.3 Å². The number of sulfonamides is 1. The Kier molecular flexibility index (Phi) is 6.91. The van der Waals surface area contributed by atoms with Crippen molar-refractivity contribution in [3.63, 3.8) is 0 Å². The minimum Gasteiger partial charge on any atom is -0.374 e. The maximum absolute atomic E-state index is 12.8. The molecule has 1 N–H and O–H groups in total. The second kappa shape index (κ2) is 9.00. The zero-order chi connectivity index (χ0) is 19.4. The van der Waals surface area contributed by atoms with Crippen molar-refractivity contribution in [2.24, 2.45) is 5.92 Å². The van der Waals surface area contributed by atoms with Crippen LogP contribution >= 0.6 is 11.3 Å². The number of hydrogen-bond acceptors (Lipinski definition) is 6. The van der Waals surface area contributed by atoms with E-state index >= 15 is 0 Å². The third-order valence-electron chi connectivity index (χ3n) is 4.91. The molecule has 1 aromatic rings. The molecule has 3 rings (SSSR count). The summed E-state index contributed by atoms with van der Waals surface area (Å²) in [7, 11) is -3.60. The smallest absolute Gasteiger partial charge is 0.253 e. The molecule has 9 heteroatoms. The number of ether oxygens (including phenoxy) is 1. The summed E-state index contributed by atoms with van der Waals surface area (Å²) in [4.78, 5) is 15.0. The maximum Gasteiger partial charge on any atom is 0.253 e. The highest BCUT2D eigenvalue weighted by molar-refractivity contribution is 7.91. The lowest BCUT2D eigenvalue weighted by Gasteiger charge is -2.34. The summed E-state index contributed by atoms with van der Waals surface area (Å²) >= 11 is 1.18. The molecule has 27 heavy (non-hydrogen) atoms. The van der Waals surface area contributed by atoms with E-state index in [1.165, 1.54) is 15.6 Å². The van der Waals surface area contributed by atoms with Gasteiger partial charge in [0.25, 0.3) is 10.0 Å². The number of carbonyl (C=O) groups excluding carboxylic acids is 1. The van der Waals surface area contributed by atoms with Crippen LogP contribution < -0.4 is 5.32 Å². The number of thiophene rings is 1. The second-order valence-corrected chi connectivity index (χ2v) is 10.7. The monoisotopic (exact) mass is 415 g/mol. The molecular weight excluding hydrogens is 386 g/mol.